The van der Waals surface area contributed by atoms with E-state index in [0.717, 1.165) is 39.2 Å². The van der Waals surface area contributed by atoms with Crippen LogP contribution in [-0.4, -0.2) is 38.9 Å². The predicted octanol–water partition coefficient (Wildman–Crippen LogP) is 6.38. The fourth-order valence-corrected chi connectivity index (χ4v) is 6.57. The third-order valence-electron chi connectivity index (χ3n) is 7.14. The molecule has 0 spiro atoms. The number of hydrogen-bond acceptors (Lipinski definition) is 5. The van der Waals surface area contributed by atoms with Gasteiger partial charge >= 0.3 is 0 Å². The van der Waals surface area contributed by atoms with Crippen LogP contribution in [-0.2, 0) is 16.1 Å². The molecule has 3 aromatic carbocycles. The number of halogens is 1. The summed E-state index contributed by atoms with van der Waals surface area (Å²) in [5, 5.41) is 8.40. The molecule has 0 saturated heterocycles. The molecule has 210 valence electrons. The molecule has 2 aromatic heterocycles. The van der Waals surface area contributed by atoms with Crippen LogP contribution in [0.4, 0.5) is 5.82 Å². The van der Waals surface area contributed by atoms with Crippen molar-refractivity contribution in [2.45, 2.75) is 18.7 Å². The van der Waals surface area contributed by atoms with Crippen molar-refractivity contribution in [3.63, 3.8) is 0 Å². The second-order valence-electron chi connectivity index (χ2n) is 10.0. The number of carbonyl (C=O) groups is 2. The lowest BCUT2D eigenvalue weighted by Gasteiger charge is -2.23. The number of fused-ring (bicyclic) bond motifs is 1. The summed E-state index contributed by atoms with van der Waals surface area (Å²) < 4.78 is 1.79. The lowest BCUT2D eigenvalue weighted by molar-refractivity contribution is -0.123. The Labute approximate surface area is 253 Å². The zero-order valence-electron chi connectivity index (χ0n) is 22.9. The topological polar surface area (TPSA) is 80.1 Å². The van der Waals surface area contributed by atoms with Gasteiger partial charge in [0.25, 0.3) is 0 Å². The zero-order chi connectivity index (χ0) is 29.1. The standard InChI is InChI=1S/C33H28ClN5O2S/c1-22-11-13-25(14-12-22)39-33-30(31(37-39)24-7-3-2-4-8-24)32(26-9-5-6-10-27(26)34)42-21-29(41)38(33)20-28(40)36-19-23-15-17-35-18-16-23/h2-18,32H,19-21H2,1H3,(H,36,40). The molecule has 1 aliphatic rings. The maximum absolute atomic E-state index is 13.9. The van der Waals surface area contributed by atoms with Crippen molar-refractivity contribution < 1.29 is 9.59 Å². The van der Waals surface area contributed by atoms with Gasteiger partial charge < -0.3 is 5.32 Å². The minimum atomic E-state index is -0.295. The molecule has 0 bridgehead atoms. The van der Waals surface area contributed by atoms with Crippen LogP contribution in [0.25, 0.3) is 16.9 Å². The molecular formula is C33H28ClN5O2S. The number of anilines is 1. The van der Waals surface area contributed by atoms with Gasteiger partial charge in [-0.15, -0.1) is 11.8 Å². The summed E-state index contributed by atoms with van der Waals surface area (Å²) in [7, 11) is 0. The minimum Gasteiger partial charge on any atom is -0.350 e. The highest BCUT2D eigenvalue weighted by Gasteiger charge is 2.38. The predicted molar refractivity (Wildman–Crippen MR) is 168 cm³/mol. The van der Waals surface area contributed by atoms with E-state index in [-0.39, 0.29) is 29.4 Å². The summed E-state index contributed by atoms with van der Waals surface area (Å²) in [6.07, 6.45) is 3.37. The van der Waals surface area contributed by atoms with E-state index >= 15 is 0 Å². The second-order valence-corrected chi connectivity index (χ2v) is 11.5. The van der Waals surface area contributed by atoms with Crippen LogP contribution in [0.2, 0.25) is 5.02 Å². The highest BCUT2D eigenvalue weighted by molar-refractivity contribution is 8.00. The van der Waals surface area contributed by atoms with Gasteiger partial charge in [-0.3, -0.25) is 19.5 Å². The summed E-state index contributed by atoms with van der Waals surface area (Å²) in [5.74, 6) is 0.286. The Morgan fingerprint density at radius 3 is 2.43 bits per heavy atom. The number of aryl methyl sites for hydroxylation is 1. The Hall–Kier alpha value is -4.40. The van der Waals surface area contributed by atoms with Gasteiger partial charge in [-0.2, -0.15) is 5.10 Å². The molecule has 1 aliphatic heterocycles. The van der Waals surface area contributed by atoms with E-state index in [1.54, 1.807) is 22.0 Å². The van der Waals surface area contributed by atoms with E-state index in [1.165, 1.54) is 11.8 Å². The molecule has 6 rings (SSSR count). The van der Waals surface area contributed by atoms with Crippen molar-refractivity contribution in [1.82, 2.24) is 20.1 Å². The van der Waals surface area contributed by atoms with Crippen LogP contribution < -0.4 is 10.2 Å². The summed E-state index contributed by atoms with van der Waals surface area (Å²) in [4.78, 5) is 32.8. The first kappa shape index (κ1) is 27.8. The molecule has 1 N–H and O–H groups in total. The Morgan fingerprint density at radius 1 is 0.976 bits per heavy atom. The Kier molecular flexibility index (Phi) is 8.08. The van der Waals surface area contributed by atoms with Gasteiger partial charge in [0.2, 0.25) is 11.8 Å². The fourth-order valence-electron chi connectivity index (χ4n) is 5.03. The monoisotopic (exact) mass is 593 g/mol. The number of rotatable bonds is 7. The third-order valence-corrected chi connectivity index (χ3v) is 8.72. The number of nitrogens with zero attached hydrogens (tertiary/aromatic N) is 4. The van der Waals surface area contributed by atoms with Gasteiger partial charge in [-0.05, 0) is 48.4 Å². The van der Waals surface area contributed by atoms with Gasteiger partial charge in [0.15, 0.2) is 0 Å². The molecule has 0 saturated carbocycles. The quantitative estimate of drug-likeness (QED) is 0.237. The van der Waals surface area contributed by atoms with E-state index < -0.39 is 0 Å². The van der Waals surface area contributed by atoms with Crippen LogP contribution in [0.5, 0.6) is 0 Å². The number of pyridine rings is 1. The number of thioether (sulfide) groups is 1. The van der Waals surface area contributed by atoms with Gasteiger partial charge in [0, 0.05) is 35.1 Å². The van der Waals surface area contributed by atoms with Gasteiger partial charge in [0.05, 0.1) is 22.4 Å². The lowest BCUT2D eigenvalue weighted by atomic mass is 9.99. The smallest absolute Gasteiger partial charge is 0.240 e. The van der Waals surface area contributed by atoms with Crippen molar-refractivity contribution >= 4 is 41.0 Å². The van der Waals surface area contributed by atoms with Gasteiger partial charge in [0.1, 0.15) is 12.4 Å². The van der Waals surface area contributed by atoms with Gasteiger partial charge in [-0.1, -0.05) is 77.8 Å². The van der Waals surface area contributed by atoms with Crippen molar-refractivity contribution in [3.05, 3.63) is 131 Å². The van der Waals surface area contributed by atoms with Crippen molar-refractivity contribution in [3.8, 4) is 16.9 Å². The normalized spacial score (nSPS) is 14.8. The van der Waals surface area contributed by atoms with Crippen molar-refractivity contribution in [2.75, 3.05) is 17.2 Å². The minimum absolute atomic E-state index is 0.154. The van der Waals surface area contributed by atoms with Crippen molar-refractivity contribution in [1.29, 1.82) is 0 Å². The molecule has 0 aliphatic carbocycles. The van der Waals surface area contributed by atoms with Gasteiger partial charge in [-0.25, -0.2) is 4.68 Å². The summed E-state index contributed by atoms with van der Waals surface area (Å²) in [6.45, 7) is 2.20. The molecule has 0 fully saturated rings. The molecule has 3 heterocycles. The Morgan fingerprint density at radius 2 is 1.69 bits per heavy atom. The number of aromatic nitrogens is 3. The van der Waals surface area contributed by atoms with E-state index in [9.17, 15) is 9.59 Å². The number of hydrogen-bond donors (Lipinski definition) is 1. The fraction of sp³-hybridized carbons (Fsp3) is 0.152. The summed E-state index contributed by atoms with van der Waals surface area (Å²) in [6, 6.07) is 29.3. The Bertz CT molecular complexity index is 1730. The molecule has 42 heavy (non-hydrogen) atoms. The molecule has 1 unspecified atom stereocenters. The first-order valence-electron chi connectivity index (χ1n) is 13.6. The molecule has 5 aromatic rings. The maximum atomic E-state index is 13.9. The number of amides is 2. The van der Waals surface area contributed by atoms with E-state index in [2.05, 4.69) is 10.3 Å². The van der Waals surface area contributed by atoms with E-state index in [4.69, 9.17) is 16.7 Å². The second kappa shape index (κ2) is 12.2. The van der Waals surface area contributed by atoms with Crippen LogP contribution in [0, 0.1) is 6.92 Å². The number of carbonyl (C=O) groups excluding carboxylic acids is 2. The zero-order valence-corrected chi connectivity index (χ0v) is 24.5. The van der Waals surface area contributed by atoms with Crippen molar-refractivity contribution in [2.24, 2.45) is 0 Å². The molecule has 7 nitrogen and oxygen atoms in total. The first-order valence-corrected chi connectivity index (χ1v) is 15.0. The SMILES string of the molecule is Cc1ccc(-n2nc(-c3ccccc3)c3c2N(CC(=O)NCc2ccncc2)C(=O)CSC3c2ccccc2Cl)cc1. The average Bonchev–Trinajstić information content (AvgIpc) is 3.34. The highest BCUT2D eigenvalue weighted by atomic mass is 35.5. The largest absolute Gasteiger partial charge is 0.350 e. The molecule has 0 radical (unpaired) electrons. The Balaban J connectivity index is 1.52. The van der Waals surface area contributed by atoms with Crippen LogP contribution >= 0.6 is 23.4 Å². The average molecular weight is 594 g/mol. The lowest BCUT2D eigenvalue weighted by Crippen LogP contribution is -2.42. The van der Waals surface area contributed by atoms with Crippen LogP contribution in [0.15, 0.2) is 103 Å². The van der Waals surface area contributed by atoms with E-state index in [0.29, 0.717) is 17.4 Å². The summed E-state index contributed by atoms with van der Waals surface area (Å²) >= 11 is 8.26. The maximum Gasteiger partial charge on any atom is 0.240 e. The number of benzene rings is 3. The summed E-state index contributed by atoms with van der Waals surface area (Å²) in [5.41, 5.74) is 6.20. The molecule has 1 atom stereocenters. The molecular weight excluding hydrogens is 566 g/mol. The third kappa shape index (κ3) is 5.68. The van der Waals surface area contributed by atoms with Crippen LogP contribution in [0.1, 0.15) is 27.5 Å². The molecule has 2 amide bonds. The first-order chi connectivity index (χ1) is 20.5. The number of nitrogens with one attached hydrogen (secondary N) is 1. The van der Waals surface area contributed by atoms with E-state index in [1.807, 2.05) is 97.9 Å². The molecule has 9 heteroatoms. The van der Waals surface area contributed by atoms with Crippen LogP contribution in [0.3, 0.4) is 0 Å². The highest BCUT2D eigenvalue weighted by Crippen LogP contribution is 2.49.